The number of hydrogen-bond donors (Lipinski definition) is 0. The quantitative estimate of drug-likeness (QED) is 0.739. The third-order valence-electron chi connectivity index (χ3n) is 5.72. The van der Waals surface area contributed by atoms with Crippen molar-refractivity contribution in [2.45, 2.75) is 32.6 Å². The summed E-state index contributed by atoms with van der Waals surface area (Å²) in [4.78, 5) is 31.2. The van der Waals surface area contributed by atoms with E-state index >= 15 is 0 Å². The van der Waals surface area contributed by atoms with Gasteiger partial charge >= 0.3 is 0 Å². The summed E-state index contributed by atoms with van der Waals surface area (Å²) in [5.41, 5.74) is 0.693. The second-order valence-corrected chi connectivity index (χ2v) is 9.30. The zero-order valence-electron chi connectivity index (χ0n) is 16.9. The van der Waals surface area contributed by atoms with Gasteiger partial charge in [-0.1, -0.05) is 6.07 Å². The third-order valence-corrected chi connectivity index (χ3v) is 6.71. The van der Waals surface area contributed by atoms with Crippen LogP contribution >= 0.6 is 11.3 Å². The van der Waals surface area contributed by atoms with Crippen molar-refractivity contribution in [2.24, 2.45) is 5.92 Å². The van der Waals surface area contributed by atoms with Crippen molar-refractivity contribution in [3.63, 3.8) is 0 Å². The Morgan fingerprint density at radius 2 is 1.83 bits per heavy atom. The number of nitrogens with zero attached hydrogens (tertiary/aromatic N) is 2. The van der Waals surface area contributed by atoms with Gasteiger partial charge in [0.2, 0.25) is 0 Å². The lowest BCUT2D eigenvalue weighted by molar-refractivity contribution is 0.0637. The minimum atomic E-state index is 0.0913. The van der Waals surface area contributed by atoms with Crippen molar-refractivity contribution in [3.05, 3.63) is 51.7 Å². The fraction of sp³-hybridized carbons (Fsp3) is 0.478. The molecule has 4 rings (SSSR count). The van der Waals surface area contributed by atoms with E-state index in [4.69, 9.17) is 4.74 Å². The molecule has 2 saturated heterocycles. The standard InChI is InChI=1S/C23H28N2O3S/c1-17-9-10-21(29-17)23(27)25-13-5-6-18(15-25)16-28-20-8-4-7-19(14-20)22(26)24-11-2-3-12-24/h4,7-10,14,18H,2-3,5-6,11-13,15-16H2,1H3. The van der Waals surface area contributed by atoms with Crippen LogP contribution < -0.4 is 4.74 Å². The van der Waals surface area contributed by atoms with Crippen molar-refractivity contribution in [2.75, 3.05) is 32.8 Å². The van der Waals surface area contributed by atoms with E-state index in [0.717, 1.165) is 67.4 Å². The first kappa shape index (κ1) is 20.0. The van der Waals surface area contributed by atoms with E-state index in [1.807, 2.05) is 53.1 Å². The summed E-state index contributed by atoms with van der Waals surface area (Å²) >= 11 is 1.56. The maximum atomic E-state index is 12.7. The Kier molecular flexibility index (Phi) is 6.19. The van der Waals surface area contributed by atoms with Gasteiger partial charge in [0.15, 0.2) is 0 Å². The smallest absolute Gasteiger partial charge is 0.263 e. The van der Waals surface area contributed by atoms with Crippen molar-refractivity contribution in [1.82, 2.24) is 9.80 Å². The molecule has 2 amide bonds. The predicted molar refractivity (Wildman–Crippen MR) is 115 cm³/mol. The molecule has 2 fully saturated rings. The van der Waals surface area contributed by atoms with Crippen LogP contribution in [0.15, 0.2) is 36.4 Å². The lowest BCUT2D eigenvalue weighted by atomic mass is 9.99. The molecule has 0 spiro atoms. The molecule has 0 saturated carbocycles. The molecule has 2 aliphatic rings. The van der Waals surface area contributed by atoms with Crippen molar-refractivity contribution in [1.29, 1.82) is 0 Å². The summed E-state index contributed by atoms with van der Waals surface area (Å²) in [6.45, 7) is 5.82. The lowest BCUT2D eigenvalue weighted by Gasteiger charge is -2.32. The van der Waals surface area contributed by atoms with Gasteiger partial charge in [-0.25, -0.2) is 0 Å². The Bertz CT molecular complexity index is 873. The number of carbonyl (C=O) groups is 2. The summed E-state index contributed by atoms with van der Waals surface area (Å²) in [6, 6.07) is 11.4. The van der Waals surface area contributed by atoms with Gasteiger partial charge in [0.25, 0.3) is 11.8 Å². The normalized spacial score (nSPS) is 19.4. The highest BCUT2D eigenvalue weighted by Crippen LogP contribution is 2.24. The van der Waals surface area contributed by atoms with Crippen LogP contribution in [0.4, 0.5) is 0 Å². The molecular weight excluding hydrogens is 384 g/mol. The summed E-state index contributed by atoms with van der Waals surface area (Å²) in [5, 5.41) is 0. The summed E-state index contributed by atoms with van der Waals surface area (Å²) in [5.74, 6) is 1.26. The van der Waals surface area contributed by atoms with Gasteiger partial charge in [0.1, 0.15) is 5.75 Å². The van der Waals surface area contributed by atoms with E-state index in [1.165, 1.54) is 0 Å². The molecule has 0 aliphatic carbocycles. The fourth-order valence-electron chi connectivity index (χ4n) is 4.13. The first-order valence-electron chi connectivity index (χ1n) is 10.5. The third kappa shape index (κ3) is 4.81. The lowest BCUT2D eigenvalue weighted by Crippen LogP contribution is -2.41. The molecule has 1 atom stereocenters. The number of hydrogen-bond acceptors (Lipinski definition) is 4. The molecule has 1 aromatic carbocycles. The summed E-state index contributed by atoms with van der Waals surface area (Å²) in [6.07, 6.45) is 4.23. The highest BCUT2D eigenvalue weighted by molar-refractivity contribution is 7.13. The minimum absolute atomic E-state index is 0.0913. The van der Waals surface area contributed by atoms with Gasteiger partial charge in [-0.05, 0) is 62.9 Å². The van der Waals surface area contributed by atoms with E-state index in [2.05, 4.69) is 0 Å². The molecule has 0 N–H and O–H groups in total. The average Bonchev–Trinajstić information content (AvgIpc) is 3.44. The molecule has 5 nitrogen and oxygen atoms in total. The Labute approximate surface area is 176 Å². The van der Waals surface area contributed by atoms with E-state index < -0.39 is 0 Å². The fourth-order valence-corrected chi connectivity index (χ4v) is 4.96. The van der Waals surface area contributed by atoms with E-state index in [1.54, 1.807) is 11.3 Å². The number of likely N-dealkylation sites (tertiary alicyclic amines) is 2. The van der Waals surface area contributed by atoms with Crippen LogP contribution in [0.3, 0.4) is 0 Å². The number of aryl methyl sites for hydroxylation is 1. The van der Waals surface area contributed by atoms with Crippen LogP contribution in [0.2, 0.25) is 0 Å². The first-order chi connectivity index (χ1) is 14.1. The Balaban J connectivity index is 1.33. The van der Waals surface area contributed by atoms with Gasteiger partial charge in [-0.15, -0.1) is 11.3 Å². The summed E-state index contributed by atoms with van der Waals surface area (Å²) in [7, 11) is 0. The monoisotopic (exact) mass is 412 g/mol. The number of ether oxygens (including phenoxy) is 1. The van der Waals surface area contributed by atoms with Crippen LogP contribution in [0.5, 0.6) is 5.75 Å². The molecule has 2 aliphatic heterocycles. The van der Waals surface area contributed by atoms with Crippen LogP contribution in [0.25, 0.3) is 0 Å². The molecule has 6 heteroatoms. The van der Waals surface area contributed by atoms with E-state index in [0.29, 0.717) is 18.1 Å². The van der Waals surface area contributed by atoms with Crippen LogP contribution in [0.1, 0.15) is 50.6 Å². The molecule has 2 aromatic rings. The van der Waals surface area contributed by atoms with Gasteiger partial charge in [-0.3, -0.25) is 9.59 Å². The van der Waals surface area contributed by atoms with Gasteiger partial charge in [-0.2, -0.15) is 0 Å². The highest BCUT2D eigenvalue weighted by atomic mass is 32.1. The number of rotatable bonds is 5. The number of amides is 2. The second kappa shape index (κ2) is 8.99. The zero-order chi connectivity index (χ0) is 20.2. The molecule has 0 bridgehead atoms. The summed E-state index contributed by atoms with van der Waals surface area (Å²) < 4.78 is 6.03. The number of thiophene rings is 1. The SMILES string of the molecule is Cc1ccc(C(=O)N2CCCC(COc3cccc(C(=O)N4CCCC4)c3)C2)s1. The zero-order valence-corrected chi connectivity index (χ0v) is 17.7. The maximum absolute atomic E-state index is 12.7. The first-order valence-corrected chi connectivity index (χ1v) is 11.3. The van der Waals surface area contributed by atoms with Crippen LogP contribution in [0, 0.1) is 12.8 Å². The predicted octanol–water partition coefficient (Wildman–Crippen LogP) is 4.22. The number of carbonyl (C=O) groups excluding carboxylic acids is 2. The topological polar surface area (TPSA) is 49.9 Å². The van der Waals surface area contributed by atoms with Crippen molar-refractivity contribution >= 4 is 23.2 Å². The maximum Gasteiger partial charge on any atom is 0.263 e. The van der Waals surface area contributed by atoms with E-state index in [-0.39, 0.29) is 11.8 Å². The Morgan fingerprint density at radius 3 is 2.59 bits per heavy atom. The molecule has 29 heavy (non-hydrogen) atoms. The highest BCUT2D eigenvalue weighted by Gasteiger charge is 2.26. The molecule has 0 radical (unpaired) electrons. The second-order valence-electron chi connectivity index (χ2n) is 8.01. The van der Waals surface area contributed by atoms with Gasteiger partial charge in [0, 0.05) is 42.5 Å². The minimum Gasteiger partial charge on any atom is -0.493 e. The van der Waals surface area contributed by atoms with E-state index in [9.17, 15) is 9.59 Å². The molecular formula is C23H28N2O3S. The van der Waals surface area contributed by atoms with Crippen LogP contribution in [-0.2, 0) is 0 Å². The number of benzene rings is 1. The van der Waals surface area contributed by atoms with Crippen LogP contribution in [-0.4, -0.2) is 54.4 Å². The van der Waals surface area contributed by atoms with Crippen molar-refractivity contribution < 1.29 is 14.3 Å². The van der Waals surface area contributed by atoms with Gasteiger partial charge < -0.3 is 14.5 Å². The van der Waals surface area contributed by atoms with Gasteiger partial charge in [0.05, 0.1) is 11.5 Å². The van der Waals surface area contributed by atoms with Crippen molar-refractivity contribution in [3.8, 4) is 5.75 Å². The molecule has 3 heterocycles. The number of piperidine rings is 1. The molecule has 1 unspecified atom stereocenters. The average molecular weight is 413 g/mol. The largest absolute Gasteiger partial charge is 0.493 e. The Morgan fingerprint density at radius 1 is 1.03 bits per heavy atom. The molecule has 1 aromatic heterocycles. The Hall–Kier alpha value is -2.34. The molecule has 154 valence electrons.